The third kappa shape index (κ3) is 3.95. The van der Waals surface area contributed by atoms with Crippen LogP contribution in [0.25, 0.3) is 0 Å². The number of anilines is 3. The van der Waals surface area contributed by atoms with Gasteiger partial charge in [-0.25, -0.2) is 12.8 Å². The largest absolute Gasteiger partial charge is 0.476 e. The lowest BCUT2D eigenvalue weighted by atomic mass is 10.00. The van der Waals surface area contributed by atoms with Gasteiger partial charge < -0.3 is 9.47 Å². The van der Waals surface area contributed by atoms with Gasteiger partial charge in [-0.15, -0.1) is 0 Å². The van der Waals surface area contributed by atoms with Gasteiger partial charge >= 0.3 is 0 Å². The fourth-order valence-corrected chi connectivity index (χ4v) is 3.61. The number of nitrogens with zero attached hydrogens (tertiary/aromatic N) is 1. The summed E-state index contributed by atoms with van der Waals surface area (Å²) in [5.74, 6) is -0.448. The summed E-state index contributed by atoms with van der Waals surface area (Å²) in [6.07, 6.45) is 1.04. The lowest BCUT2D eigenvalue weighted by Crippen LogP contribution is -2.51. The molecule has 1 aliphatic heterocycles. The molecule has 3 rings (SSSR count). The van der Waals surface area contributed by atoms with E-state index < -0.39 is 21.4 Å². The molecule has 1 N–H and O–H groups in total. The molecule has 0 spiro atoms. The molecule has 0 fully saturated rings. The molecule has 1 amide bonds. The van der Waals surface area contributed by atoms with Crippen molar-refractivity contribution in [3.8, 4) is 5.75 Å². The zero-order valence-electron chi connectivity index (χ0n) is 15.9. The van der Waals surface area contributed by atoms with E-state index in [0.717, 1.165) is 6.26 Å². The first-order valence-corrected chi connectivity index (χ1v) is 10.3. The Bertz CT molecular complexity index is 1020. The minimum Gasteiger partial charge on any atom is -0.476 e. The summed E-state index contributed by atoms with van der Waals surface area (Å²) >= 11 is 0. The average molecular weight is 408 g/mol. The summed E-state index contributed by atoms with van der Waals surface area (Å²) in [6.45, 7) is 3.33. The molecule has 0 bridgehead atoms. The van der Waals surface area contributed by atoms with Crippen molar-refractivity contribution in [3.05, 3.63) is 47.8 Å². The Morgan fingerprint density at radius 1 is 1.21 bits per heavy atom. The van der Waals surface area contributed by atoms with Crippen LogP contribution in [0.15, 0.2) is 36.4 Å². The SMILES string of the molecule is COCc1cc(NS(C)(=O)=O)cc2c1N(c1ccc(F)cc1)C(=O)C(C)(C)O2. The molecule has 0 unspecified atom stereocenters. The number of ether oxygens (including phenoxy) is 2. The number of rotatable bonds is 5. The Morgan fingerprint density at radius 3 is 2.43 bits per heavy atom. The standard InChI is InChI=1S/C19H21FN2O5S/c1-19(2)18(23)22(15-7-5-13(20)6-8-15)17-12(11-26-3)9-14(10-16(17)27-19)21-28(4,24)25/h5-10,21H,11H2,1-4H3. The molecule has 1 heterocycles. The van der Waals surface area contributed by atoms with Gasteiger partial charge in [0.05, 0.1) is 24.2 Å². The number of sulfonamides is 1. The lowest BCUT2D eigenvalue weighted by Gasteiger charge is -2.40. The summed E-state index contributed by atoms with van der Waals surface area (Å²) in [4.78, 5) is 14.6. The van der Waals surface area contributed by atoms with E-state index in [4.69, 9.17) is 9.47 Å². The van der Waals surface area contributed by atoms with Crippen LogP contribution in [0.3, 0.4) is 0 Å². The molecule has 2 aromatic rings. The number of benzene rings is 2. The molecular formula is C19H21FN2O5S. The molecule has 9 heteroatoms. The first-order valence-electron chi connectivity index (χ1n) is 8.44. The maximum absolute atomic E-state index is 13.4. The molecule has 28 heavy (non-hydrogen) atoms. The zero-order valence-corrected chi connectivity index (χ0v) is 16.8. The second-order valence-corrected chi connectivity index (χ2v) is 8.77. The van der Waals surface area contributed by atoms with Crippen molar-refractivity contribution in [2.75, 3.05) is 23.0 Å². The zero-order chi connectivity index (χ0) is 20.7. The van der Waals surface area contributed by atoms with E-state index in [1.807, 2.05) is 0 Å². The Morgan fingerprint density at radius 2 is 1.86 bits per heavy atom. The van der Waals surface area contributed by atoms with Gasteiger partial charge in [-0.05, 0) is 44.2 Å². The second kappa shape index (κ2) is 7.06. The number of methoxy groups -OCH3 is 1. The predicted molar refractivity (Wildman–Crippen MR) is 104 cm³/mol. The summed E-state index contributed by atoms with van der Waals surface area (Å²) in [7, 11) is -2.03. The highest BCUT2D eigenvalue weighted by atomic mass is 32.2. The highest BCUT2D eigenvalue weighted by Crippen LogP contribution is 2.46. The van der Waals surface area contributed by atoms with Gasteiger partial charge in [0.25, 0.3) is 5.91 Å². The number of hydrogen-bond acceptors (Lipinski definition) is 5. The first kappa shape index (κ1) is 20.1. The Balaban J connectivity index is 2.24. The van der Waals surface area contributed by atoms with Crippen LogP contribution in [0.2, 0.25) is 0 Å². The highest BCUT2D eigenvalue weighted by Gasteiger charge is 2.43. The number of nitrogens with one attached hydrogen (secondary N) is 1. The van der Waals surface area contributed by atoms with E-state index in [-0.39, 0.29) is 18.2 Å². The molecule has 7 nitrogen and oxygen atoms in total. The van der Waals surface area contributed by atoms with Gasteiger partial charge in [0.1, 0.15) is 11.6 Å². The van der Waals surface area contributed by atoms with Gasteiger partial charge in [0.15, 0.2) is 5.60 Å². The van der Waals surface area contributed by atoms with Crippen LogP contribution in [0.1, 0.15) is 19.4 Å². The fourth-order valence-electron chi connectivity index (χ4n) is 3.06. The van der Waals surface area contributed by atoms with E-state index in [2.05, 4.69) is 4.72 Å². The number of carbonyl (C=O) groups excluding carboxylic acids is 1. The van der Waals surface area contributed by atoms with Crippen LogP contribution in [0.4, 0.5) is 21.5 Å². The molecule has 0 aromatic heterocycles. The molecular weight excluding hydrogens is 387 g/mol. The lowest BCUT2D eigenvalue weighted by molar-refractivity contribution is -0.131. The number of hydrogen-bond donors (Lipinski definition) is 1. The molecule has 0 atom stereocenters. The minimum atomic E-state index is -3.51. The van der Waals surface area contributed by atoms with Crippen molar-refractivity contribution < 1.29 is 27.1 Å². The van der Waals surface area contributed by atoms with Gasteiger partial charge in [-0.2, -0.15) is 0 Å². The number of fused-ring (bicyclic) bond motifs is 1. The maximum Gasteiger partial charge on any atom is 0.275 e. The van der Waals surface area contributed by atoms with Crippen LogP contribution < -0.4 is 14.4 Å². The third-order valence-electron chi connectivity index (χ3n) is 4.15. The second-order valence-electron chi connectivity index (χ2n) is 7.02. The molecule has 0 saturated heterocycles. The molecule has 0 aliphatic carbocycles. The van der Waals surface area contributed by atoms with Crippen LogP contribution in [0.5, 0.6) is 5.75 Å². The molecule has 150 valence electrons. The maximum atomic E-state index is 13.4. The number of halogens is 1. The fraction of sp³-hybridized carbons (Fsp3) is 0.316. The molecule has 0 saturated carbocycles. The molecule has 0 radical (unpaired) electrons. The van der Waals surface area contributed by atoms with Gasteiger partial charge in [0.2, 0.25) is 10.0 Å². The van der Waals surface area contributed by atoms with E-state index in [1.54, 1.807) is 19.9 Å². The van der Waals surface area contributed by atoms with Crippen molar-refractivity contribution in [2.24, 2.45) is 0 Å². The number of amides is 1. The highest BCUT2D eigenvalue weighted by molar-refractivity contribution is 7.92. The quantitative estimate of drug-likeness (QED) is 0.821. The van der Waals surface area contributed by atoms with E-state index in [0.29, 0.717) is 22.7 Å². The monoisotopic (exact) mass is 408 g/mol. The van der Waals surface area contributed by atoms with Crippen molar-refractivity contribution in [1.29, 1.82) is 0 Å². The summed E-state index contributed by atoms with van der Waals surface area (Å²) in [6, 6.07) is 8.62. The Hall–Kier alpha value is -2.65. The topological polar surface area (TPSA) is 84.9 Å². The van der Waals surface area contributed by atoms with Crippen LogP contribution in [0, 0.1) is 5.82 Å². The normalized spacial score (nSPS) is 15.8. The van der Waals surface area contributed by atoms with Crippen molar-refractivity contribution in [1.82, 2.24) is 0 Å². The molecule has 2 aromatic carbocycles. The van der Waals surface area contributed by atoms with E-state index in [1.165, 1.54) is 42.3 Å². The van der Waals surface area contributed by atoms with Gasteiger partial charge in [-0.3, -0.25) is 14.4 Å². The van der Waals surface area contributed by atoms with Crippen molar-refractivity contribution >= 4 is 33.0 Å². The van der Waals surface area contributed by atoms with Gasteiger partial charge in [-0.1, -0.05) is 0 Å². The van der Waals surface area contributed by atoms with E-state index >= 15 is 0 Å². The third-order valence-corrected chi connectivity index (χ3v) is 4.76. The van der Waals surface area contributed by atoms with Crippen LogP contribution >= 0.6 is 0 Å². The Labute approximate surface area is 163 Å². The number of carbonyl (C=O) groups is 1. The molecule has 1 aliphatic rings. The van der Waals surface area contributed by atoms with E-state index in [9.17, 15) is 17.6 Å². The Kier molecular flexibility index (Phi) is 5.07. The smallest absolute Gasteiger partial charge is 0.275 e. The van der Waals surface area contributed by atoms with Crippen molar-refractivity contribution in [2.45, 2.75) is 26.1 Å². The average Bonchev–Trinajstić information content (AvgIpc) is 2.56. The summed E-state index contributed by atoms with van der Waals surface area (Å²) in [5.41, 5.74) is 0.508. The van der Waals surface area contributed by atoms with Crippen molar-refractivity contribution in [3.63, 3.8) is 0 Å². The first-order chi connectivity index (χ1) is 13.0. The van der Waals surface area contributed by atoms with Gasteiger partial charge in [0, 0.05) is 24.4 Å². The van der Waals surface area contributed by atoms with Crippen LogP contribution in [-0.4, -0.2) is 33.3 Å². The van der Waals surface area contributed by atoms with Crippen LogP contribution in [-0.2, 0) is 26.2 Å². The summed E-state index contributed by atoms with van der Waals surface area (Å²) in [5, 5.41) is 0. The predicted octanol–water partition coefficient (Wildman–Crippen LogP) is 3.18. The summed E-state index contributed by atoms with van der Waals surface area (Å²) < 4.78 is 50.2. The minimum absolute atomic E-state index is 0.108.